The fraction of sp³-hybridized carbons (Fsp3) is 0.312. The maximum atomic E-state index is 12.1. The Balaban J connectivity index is 1.75. The van der Waals surface area contributed by atoms with Gasteiger partial charge in [-0.15, -0.1) is 11.3 Å². The lowest BCUT2D eigenvalue weighted by Crippen LogP contribution is -2.39. The molecule has 0 saturated heterocycles. The maximum absolute atomic E-state index is 12.1. The van der Waals surface area contributed by atoms with Gasteiger partial charge in [0.15, 0.2) is 5.13 Å². The Morgan fingerprint density at radius 1 is 1.30 bits per heavy atom. The van der Waals surface area contributed by atoms with Crippen molar-refractivity contribution in [2.75, 3.05) is 25.0 Å². The van der Waals surface area contributed by atoms with E-state index in [9.17, 15) is 9.59 Å². The molecule has 7 heteroatoms. The molecule has 0 saturated carbocycles. The number of thiazole rings is 1. The number of aromatic nitrogens is 1. The van der Waals surface area contributed by atoms with Crippen LogP contribution in [0.25, 0.3) is 0 Å². The van der Waals surface area contributed by atoms with Gasteiger partial charge in [-0.1, -0.05) is 30.3 Å². The standard InChI is InChI=1S/C16H19N3O3S/c1-2-19(10-14(20)18-16-17-8-9-23-16)15(21)12-22-11-13-6-4-3-5-7-13/h3-9H,2,10-12H2,1H3,(H,17,18,20). The van der Waals surface area contributed by atoms with Crippen molar-refractivity contribution < 1.29 is 14.3 Å². The predicted octanol–water partition coefficient (Wildman–Crippen LogP) is 2.15. The first-order valence-electron chi connectivity index (χ1n) is 7.28. The molecule has 0 aliphatic rings. The summed E-state index contributed by atoms with van der Waals surface area (Å²) in [7, 11) is 0. The lowest BCUT2D eigenvalue weighted by Gasteiger charge is -2.20. The van der Waals surface area contributed by atoms with Crippen LogP contribution in [0.1, 0.15) is 12.5 Å². The van der Waals surface area contributed by atoms with Crippen LogP contribution in [-0.4, -0.2) is 41.4 Å². The van der Waals surface area contributed by atoms with Crippen LogP contribution in [0.15, 0.2) is 41.9 Å². The van der Waals surface area contributed by atoms with Gasteiger partial charge in [0, 0.05) is 18.1 Å². The zero-order valence-electron chi connectivity index (χ0n) is 12.9. The Kier molecular flexibility index (Phi) is 6.71. The molecule has 1 N–H and O–H groups in total. The van der Waals surface area contributed by atoms with Crippen LogP contribution in [0.2, 0.25) is 0 Å². The van der Waals surface area contributed by atoms with Crippen molar-refractivity contribution in [3.63, 3.8) is 0 Å². The number of nitrogens with zero attached hydrogens (tertiary/aromatic N) is 2. The van der Waals surface area contributed by atoms with Gasteiger partial charge < -0.3 is 15.0 Å². The second kappa shape index (κ2) is 9.02. The van der Waals surface area contributed by atoms with Gasteiger partial charge in [-0.05, 0) is 12.5 Å². The lowest BCUT2D eigenvalue weighted by atomic mass is 10.2. The number of ether oxygens (including phenoxy) is 1. The highest BCUT2D eigenvalue weighted by molar-refractivity contribution is 7.13. The van der Waals surface area contributed by atoms with Crippen molar-refractivity contribution in [3.8, 4) is 0 Å². The molecule has 2 rings (SSSR count). The average molecular weight is 333 g/mol. The summed E-state index contributed by atoms with van der Waals surface area (Å²) in [4.78, 5) is 29.4. The highest BCUT2D eigenvalue weighted by Gasteiger charge is 2.16. The molecule has 0 aliphatic carbocycles. The molecule has 0 unspecified atom stereocenters. The summed E-state index contributed by atoms with van der Waals surface area (Å²) < 4.78 is 5.42. The molecule has 0 spiro atoms. The number of nitrogens with one attached hydrogen (secondary N) is 1. The number of amides is 2. The largest absolute Gasteiger partial charge is 0.367 e. The van der Waals surface area contributed by atoms with E-state index in [0.717, 1.165) is 5.56 Å². The van der Waals surface area contributed by atoms with E-state index in [1.54, 1.807) is 11.6 Å². The van der Waals surface area contributed by atoms with E-state index in [2.05, 4.69) is 10.3 Å². The smallest absolute Gasteiger partial charge is 0.249 e. The molecule has 0 atom stereocenters. The highest BCUT2D eigenvalue weighted by atomic mass is 32.1. The van der Waals surface area contributed by atoms with Crippen LogP contribution >= 0.6 is 11.3 Å². The van der Waals surface area contributed by atoms with Gasteiger partial charge in [0.1, 0.15) is 6.61 Å². The van der Waals surface area contributed by atoms with Crippen molar-refractivity contribution in [1.29, 1.82) is 0 Å². The molecule has 1 aromatic heterocycles. The van der Waals surface area contributed by atoms with Crippen molar-refractivity contribution in [3.05, 3.63) is 47.5 Å². The maximum Gasteiger partial charge on any atom is 0.249 e. The highest BCUT2D eigenvalue weighted by Crippen LogP contribution is 2.10. The van der Waals surface area contributed by atoms with Gasteiger partial charge in [0.25, 0.3) is 0 Å². The topological polar surface area (TPSA) is 71.5 Å². The number of likely N-dealkylation sites (N-methyl/N-ethyl adjacent to an activating group) is 1. The van der Waals surface area contributed by atoms with Crippen LogP contribution in [0.5, 0.6) is 0 Å². The van der Waals surface area contributed by atoms with Crippen LogP contribution in [0.4, 0.5) is 5.13 Å². The molecule has 1 heterocycles. The van der Waals surface area contributed by atoms with E-state index in [1.807, 2.05) is 37.3 Å². The predicted molar refractivity (Wildman–Crippen MR) is 89.1 cm³/mol. The first-order chi connectivity index (χ1) is 11.2. The van der Waals surface area contributed by atoms with Crippen molar-refractivity contribution in [2.24, 2.45) is 0 Å². The van der Waals surface area contributed by atoms with Crippen LogP contribution in [0, 0.1) is 0 Å². The Morgan fingerprint density at radius 2 is 2.09 bits per heavy atom. The summed E-state index contributed by atoms with van der Waals surface area (Å²) >= 11 is 1.33. The summed E-state index contributed by atoms with van der Waals surface area (Å²) in [6.07, 6.45) is 1.61. The monoisotopic (exact) mass is 333 g/mol. The van der Waals surface area contributed by atoms with Crippen molar-refractivity contribution >= 4 is 28.3 Å². The Bertz CT molecular complexity index is 617. The van der Waals surface area contributed by atoms with Gasteiger partial charge in [0.2, 0.25) is 11.8 Å². The van der Waals surface area contributed by atoms with Gasteiger partial charge in [0.05, 0.1) is 13.2 Å². The van der Waals surface area contributed by atoms with E-state index in [0.29, 0.717) is 18.3 Å². The number of anilines is 1. The molecule has 0 bridgehead atoms. The molecule has 2 aromatic rings. The summed E-state index contributed by atoms with van der Waals surface area (Å²) in [6.45, 7) is 2.58. The number of carbonyl (C=O) groups excluding carboxylic acids is 2. The van der Waals surface area contributed by atoms with E-state index >= 15 is 0 Å². The third-order valence-electron chi connectivity index (χ3n) is 3.08. The first kappa shape index (κ1) is 17.1. The Hall–Kier alpha value is -2.25. The quantitative estimate of drug-likeness (QED) is 0.803. The fourth-order valence-corrected chi connectivity index (χ4v) is 2.46. The molecule has 0 radical (unpaired) electrons. The molecule has 6 nitrogen and oxygen atoms in total. The Labute approximate surface area is 139 Å². The Morgan fingerprint density at radius 3 is 2.74 bits per heavy atom. The van der Waals surface area contributed by atoms with Crippen LogP contribution < -0.4 is 5.32 Å². The van der Waals surface area contributed by atoms with E-state index in [1.165, 1.54) is 16.2 Å². The average Bonchev–Trinajstić information content (AvgIpc) is 3.06. The summed E-state index contributed by atoms with van der Waals surface area (Å²) in [5.41, 5.74) is 1.00. The number of carbonyl (C=O) groups is 2. The molecule has 23 heavy (non-hydrogen) atoms. The summed E-state index contributed by atoms with van der Waals surface area (Å²) in [6, 6.07) is 9.63. The molecule has 1 aromatic carbocycles. The summed E-state index contributed by atoms with van der Waals surface area (Å²) in [5.74, 6) is -0.476. The van der Waals surface area contributed by atoms with Gasteiger partial charge in [-0.25, -0.2) is 4.98 Å². The van der Waals surface area contributed by atoms with Gasteiger partial charge in [-0.3, -0.25) is 9.59 Å². The van der Waals surface area contributed by atoms with Gasteiger partial charge in [-0.2, -0.15) is 0 Å². The number of hydrogen-bond donors (Lipinski definition) is 1. The molecular formula is C16H19N3O3S. The molecule has 0 fully saturated rings. The van der Waals surface area contributed by atoms with E-state index in [-0.39, 0.29) is 25.0 Å². The van der Waals surface area contributed by atoms with E-state index < -0.39 is 0 Å². The zero-order valence-corrected chi connectivity index (χ0v) is 13.7. The van der Waals surface area contributed by atoms with Crippen LogP contribution in [-0.2, 0) is 20.9 Å². The minimum atomic E-state index is -0.266. The SMILES string of the molecule is CCN(CC(=O)Nc1nccs1)C(=O)COCc1ccccc1. The molecular weight excluding hydrogens is 314 g/mol. The number of hydrogen-bond acceptors (Lipinski definition) is 5. The van der Waals surface area contributed by atoms with Crippen molar-refractivity contribution in [2.45, 2.75) is 13.5 Å². The van der Waals surface area contributed by atoms with Gasteiger partial charge >= 0.3 is 0 Å². The lowest BCUT2D eigenvalue weighted by molar-refractivity contribution is -0.139. The first-order valence-corrected chi connectivity index (χ1v) is 8.15. The van der Waals surface area contributed by atoms with Crippen molar-refractivity contribution in [1.82, 2.24) is 9.88 Å². The minimum Gasteiger partial charge on any atom is -0.367 e. The third kappa shape index (κ3) is 5.80. The normalized spacial score (nSPS) is 10.3. The second-order valence-electron chi connectivity index (χ2n) is 4.77. The minimum absolute atomic E-state index is 0.0103. The molecule has 2 amide bonds. The van der Waals surface area contributed by atoms with Crippen LogP contribution in [0.3, 0.4) is 0 Å². The third-order valence-corrected chi connectivity index (χ3v) is 3.77. The molecule has 122 valence electrons. The number of benzene rings is 1. The molecule has 0 aliphatic heterocycles. The second-order valence-corrected chi connectivity index (χ2v) is 5.67. The number of rotatable bonds is 8. The fourth-order valence-electron chi connectivity index (χ4n) is 1.92. The summed E-state index contributed by atoms with van der Waals surface area (Å²) in [5, 5.41) is 4.96. The zero-order chi connectivity index (χ0) is 16.5. The van der Waals surface area contributed by atoms with E-state index in [4.69, 9.17) is 4.74 Å².